The Morgan fingerprint density at radius 1 is 1.50 bits per heavy atom. The summed E-state index contributed by atoms with van der Waals surface area (Å²) >= 11 is 0. The standard InChI is InChI=1S/C9H12N2O.2ClH/c1-6-3-7-4-9(12)10-5-8(7)11(6)2;;/h4-6H,3H2,1-2H3,(H,10,12);2*1H. The molecule has 0 amide bonds. The first-order valence-corrected chi connectivity index (χ1v) is 4.13. The van der Waals surface area contributed by atoms with Crippen molar-refractivity contribution in [3.8, 4) is 0 Å². The molecule has 0 saturated carbocycles. The lowest BCUT2D eigenvalue weighted by molar-refractivity contribution is 0.732. The summed E-state index contributed by atoms with van der Waals surface area (Å²) in [6.07, 6.45) is 2.77. The molecule has 1 aromatic heterocycles. The number of H-pyrrole nitrogens is 1. The SMILES string of the molecule is CC1Cc2cc(=O)[nH]cc2N1C.Cl.Cl. The van der Waals surface area contributed by atoms with Crippen LogP contribution in [-0.2, 0) is 6.42 Å². The minimum absolute atomic E-state index is 0. The summed E-state index contributed by atoms with van der Waals surface area (Å²) in [5.41, 5.74) is 2.31. The van der Waals surface area contributed by atoms with E-state index >= 15 is 0 Å². The van der Waals surface area contributed by atoms with Crippen LogP contribution in [0.25, 0.3) is 0 Å². The fourth-order valence-electron chi connectivity index (χ4n) is 1.69. The molecule has 0 saturated heterocycles. The Labute approximate surface area is 95.3 Å². The van der Waals surface area contributed by atoms with E-state index in [1.54, 1.807) is 12.3 Å². The average Bonchev–Trinajstić information content (AvgIpc) is 2.28. The lowest BCUT2D eigenvalue weighted by Crippen LogP contribution is -2.23. The van der Waals surface area contributed by atoms with Crippen LogP contribution in [0.5, 0.6) is 0 Å². The molecule has 0 aliphatic carbocycles. The summed E-state index contributed by atoms with van der Waals surface area (Å²) in [5.74, 6) is 0. The fraction of sp³-hybridized carbons (Fsp3) is 0.444. The van der Waals surface area contributed by atoms with Crippen LogP contribution in [-0.4, -0.2) is 18.1 Å². The molecule has 0 fully saturated rings. The van der Waals surface area contributed by atoms with Crippen molar-refractivity contribution in [1.29, 1.82) is 0 Å². The molecule has 0 spiro atoms. The molecule has 0 radical (unpaired) electrons. The molecule has 2 heterocycles. The van der Waals surface area contributed by atoms with Gasteiger partial charge in [-0.25, -0.2) is 0 Å². The van der Waals surface area contributed by atoms with E-state index in [1.807, 2.05) is 0 Å². The van der Waals surface area contributed by atoms with Gasteiger partial charge in [-0.1, -0.05) is 0 Å². The molecule has 2 rings (SSSR count). The Hall–Kier alpha value is -0.670. The second kappa shape index (κ2) is 4.71. The maximum atomic E-state index is 11.0. The Morgan fingerprint density at radius 3 is 2.79 bits per heavy atom. The zero-order valence-electron chi connectivity index (χ0n) is 8.11. The predicted molar refractivity (Wildman–Crippen MR) is 63.1 cm³/mol. The van der Waals surface area contributed by atoms with E-state index in [2.05, 4.69) is 23.9 Å². The van der Waals surface area contributed by atoms with Crippen molar-refractivity contribution in [1.82, 2.24) is 4.98 Å². The normalized spacial score (nSPS) is 18.1. The highest BCUT2D eigenvalue weighted by molar-refractivity contribution is 5.85. The van der Waals surface area contributed by atoms with Gasteiger partial charge in [-0.05, 0) is 18.9 Å². The highest BCUT2D eigenvalue weighted by Crippen LogP contribution is 2.27. The molecular formula is C9H14Cl2N2O. The minimum atomic E-state index is -0.00347. The van der Waals surface area contributed by atoms with Crippen LogP contribution in [0, 0.1) is 0 Å². The average molecular weight is 237 g/mol. The van der Waals surface area contributed by atoms with E-state index in [-0.39, 0.29) is 30.4 Å². The number of aromatic nitrogens is 1. The number of rotatable bonds is 0. The summed E-state index contributed by atoms with van der Waals surface area (Å²) in [7, 11) is 2.05. The van der Waals surface area contributed by atoms with Gasteiger partial charge in [-0.2, -0.15) is 0 Å². The molecule has 14 heavy (non-hydrogen) atoms. The van der Waals surface area contributed by atoms with E-state index < -0.39 is 0 Å². The van der Waals surface area contributed by atoms with E-state index in [0.717, 1.165) is 17.7 Å². The molecule has 5 heteroatoms. The molecule has 80 valence electrons. The molecular weight excluding hydrogens is 223 g/mol. The predicted octanol–water partition coefficient (Wildman–Crippen LogP) is 1.60. The first-order valence-electron chi connectivity index (χ1n) is 4.13. The number of nitrogens with one attached hydrogen (secondary N) is 1. The smallest absolute Gasteiger partial charge is 0.248 e. The van der Waals surface area contributed by atoms with E-state index in [4.69, 9.17) is 0 Å². The van der Waals surface area contributed by atoms with Gasteiger partial charge in [-0.3, -0.25) is 4.79 Å². The lowest BCUT2D eigenvalue weighted by Gasteiger charge is -2.17. The molecule has 1 N–H and O–H groups in total. The first kappa shape index (κ1) is 13.3. The Bertz CT molecular complexity index is 364. The van der Waals surface area contributed by atoms with Crippen LogP contribution in [0.4, 0.5) is 5.69 Å². The van der Waals surface area contributed by atoms with Gasteiger partial charge in [0, 0.05) is 25.4 Å². The van der Waals surface area contributed by atoms with Crippen LogP contribution >= 0.6 is 24.8 Å². The molecule has 1 aromatic rings. The Kier molecular flexibility index (Phi) is 4.49. The van der Waals surface area contributed by atoms with Crippen LogP contribution in [0.15, 0.2) is 17.1 Å². The summed E-state index contributed by atoms with van der Waals surface area (Å²) in [6, 6.07) is 2.20. The summed E-state index contributed by atoms with van der Waals surface area (Å²) in [5, 5.41) is 0. The molecule has 3 nitrogen and oxygen atoms in total. The number of pyridine rings is 1. The summed E-state index contributed by atoms with van der Waals surface area (Å²) in [6.45, 7) is 2.16. The number of anilines is 1. The van der Waals surface area contributed by atoms with Gasteiger partial charge < -0.3 is 9.88 Å². The third kappa shape index (κ3) is 2.04. The number of halogens is 2. The Morgan fingerprint density at radius 2 is 2.14 bits per heavy atom. The monoisotopic (exact) mass is 236 g/mol. The quantitative estimate of drug-likeness (QED) is 0.743. The van der Waals surface area contributed by atoms with Crippen LogP contribution in [0.2, 0.25) is 0 Å². The van der Waals surface area contributed by atoms with Crippen molar-refractivity contribution in [3.05, 3.63) is 28.2 Å². The van der Waals surface area contributed by atoms with Crippen molar-refractivity contribution in [2.75, 3.05) is 11.9 Å². The van der Waals surface area contributed by atoms with Crippen LogP contribution < -0.4 is 10.5 Å². The number of aromatic amines is 1. The van der Waals surface area contributed by atoms with Gasteiger partial charge in [0.15, 0.2) is 0 Å². The van der Waals surface area contributed by atoms with Gasteiger partial charge in [0.2, 0.25) is 5.56 Å². The van der Waals surface area contributed by atoms with E-state index in [1.165, 1.54) is 0 Å². The molecule has 0 bridgehead atoms. The largest absolute Gasteiger partial charge is 0.370 e. The number of hydrogen-bond acceptors (Lipinski definition) is 2. The molecule has 0 aromatic carbocycles. The second-order valence-corrected chi connectivity index (χ2v) is 3.37. The van der Waals surface area contributed by atoms with Gasteiger partial charge in [-0.15, -0.1) is 24.8 Å². The van der Waals surface area contributed by atoms with Crippen molar-refractivity contribution in [3.63, 3.8) is 0 Å². The highest BCUT2D eigenvalue weighted by Gasteiger charge is 2.22. The molecule has 1 aliphatic rings. The maximum absolute atomic E-state index is 11.0. The zero-order valence-corrected chi connectivity index (χ0v) is 9.74. The fourth-order valence-corrected chi connectivity index (χ4v) is 1.69. The molecule has 1 aliphatic heterocycles. The number of hydrogen-bond donors (Lipinski definition) is 1. The maximum Gasteiger partial charge on any atom is 0.248 e. The zero-order chi connectivity index (χ0) is 8.72. The summed E-state index contributed by atoms with van der Waals surface area (Å²) < 4.78 is 0. The van der Waals surface area contributed by atoms with Crippen molar-refractivity contribution < 1.29 is 0 Å². The van der Waals surface area contributed by atoms with E-state index in [0.29, 0.717) is 6.04 Å². The first-order chi connectivity index (χ1) is 5.68. The second-order valence-electron chi connectivity index (χ2n) is 3.37. The van der Waals surface area contributed by atoms with Gasteiger partial charge in [0.1, 0.15) is 0 Å². The summed E-state index contributed by atoms with van der Waals surface area (Å²) in [4.78, 5) is 15.8. The van der Waals surface area contributed by atoms with Gasteiger partial charge in [0.05, 0.1) is 5.69 Å². The minimum Gasteiger partial charge on any atom is -0.370 e. The van der Waals surface area contributed by atoms with Crippen molar-refractivity contribution >= 4 is 30.5 Å². The van der Waals surface area contributed by atoms with E-state index in [9.17, 15) is 4.79 Å². The van der Waals surface area contributed by atoms with Gasteiger partial charge >= 0.3 is 0 Å². The highest BCUT2D eigenvalue weighted by atomic mass is 35.5. The van der Waals surface area contributed by atoms with Crippen LogP contribution in [0.3, 0.4) is 0 Å². The van der Waals surface area contributed by atoms with Crippen molar-refractivity contribution in [2.24, 2.45) is 0 Å². The lowest BCUT2D eigenvalue weighted by atomic mass is 10.2. The van der Waals surface area contributed by atoms with Crippen LogP contribution in [0.1, 0.15) is 12.5 Å². The third-order valence-electron chi connectivity index (χ3n) is 2.54. The van der Waals surface area contributed by atoms with Crippen molar-refractivity contribution in [2.45, 2.75) is 19.4 Å². The molecule has 1 unspecified atom stereocenters. The Balaban J connectivity index is 0.000000845. The third-order valence-corrected chi connectivity index (χ3v) is 2.54. The topological polar surface area (TPSA) is 36.1 Å². The number of nitrogens with zero attached hydrogens (tertiary/aromatic N) is 1. The molecule has 1 atom stereocenters. The van der Waals surface area contributed by atoms with Gasteiger partial charge in [0.25, 0.3) is 0 Å². The number of fused-ring (bicyclic) bond motifs is 1. The number of likely N-dealkylation sites (N-methyl/N-ethyl adjacent to an activating group) is 1.